The van der Waals surface area contributed by atoms with Gasteiger partial charge in [-0.25, -0.2) is 0 Å². The van der Waals surface area contributed by atoms with Crippen molar-refractivity contribution in [2.75, 3.05) is 0 Å². The van der Waals surface area contributed by atoms with E-state index in [2.05, 4.69) is 46.4 Å². The number of rotatable bonds is 6. The van der Waals surface area contributed by atoms with Crippen molar-refractivity contribution in [2.45, 2.75) is 6.92 Å². The van der Waals surface area contributed by atoms with Crippen LogP contribution >= 0.6 is 49.9 Å². The van der Waals surface area contributed by atoms with E-state index in [-0.39, 0.29) is 15.2 Å². The fourth-order valence-electron chi connectivity index (χ4n) is 8.22. The number of para-hydroxylation sites is 1. The number of aryl methyl sites for hydroxylation is 1. The van der Waals surface area contributed by atoms with Crippen LogP contribution in [0, 0.1) is 21.6 Å². The van der Waals surface area contributed by atoms with E-state index >= 15 is 0 Å². The van der Waals surface area contributed by atoms with Crippen molar-refractivity contribution < 1.29 is 15.3 Å². The summed E-state index contributed by atoms with van der Waals surface area (Å²) in [6.07, 6.45) is 0. The van der Waals surface area contributed by atoms with Crippen LogP contribution in [0.25, 0.3) is 96.7 Å². The van der Waals surface area contributed by atoms with Crippen LogP contribution in [0.3, 0.4) is 0 Å². The summed E-state index contributed by atoms with van der Waals surface area (Å²) in [4.78, 5) is 43.7. The molecular formula is C49H31BrN6O6S3. The van der Waals surface area contributed by atoms with Gasteiger partial charge in [0.1, 0.15) is 17.1 Å². The summed E-state index contributed by atoms with van der Waals surface area (Å²) < 4.78 is 3.78. The van der Waals surface area contributed by atoms with Gasteiger partial charge in [0.25, 0.3) is 0 Å². The molecule has 6 N–H and O–H groups in total. The molecule has 12 rings (SSSR count). The van der Waals surface area contributed by atoms with Crippen LogP contribution in [0.15, 0.2) is 153 Å². The molecule has 12 nitrogen and oxygen atoms in total. The summed E-state index contributed by atoms with van der Waals surface area (Å²) in [5, 5.41) is 46.1. The van der Waals surface area contributed by atoms with E-state index < -0.39 is 0 Å². The van der Waals surface area contributed by atoms with Gasteiger partial charge in [-0.15, -0.1) is 14.7 Å². The second-order valence-electron chi connectivity index (χ2n) is 14.9. The monoisotopic (exact) mass is 974 g/mol. The first-order valence-corrected chi connectivity index (χ1v) is 23.1. The first-order chi connectivity index (χ1) is 31.7. The predicted octanol–water partition coefficient (Wildman–Crippen LogP) is 16.5. The normalized spacial score (nSPS) is 11.3. The number of halogens is 1. The number of benzene rings is 6. The van der Waals surface area contributed by atoms with Crippen LogP contribution in [0.1, 0.15) is 5.56 Å². The Bertz CT molecular complexity index is 3670. The van der Waals surface area contributed by atoms with Crippen molar-refractivity contribution in [3.8, 4) is 49.0 Å². The summed E-state index contributed by atoms with van der Waals surface area (Å²) in [6, 6.07) is 42.1. The number of nitrogens with zero attached hydrogens (tertiary/aromatic N) is 3. The van der Waals surface area contributed by atoms with Crippen molar-refractivity contribution >= 4 is 130 Å². The minimum absolute atomic E-state index is 0.178. The molecule has 65 heavy (non-hydrogen) atoms. The van der Waals surface area contributed by atoms with Crippen LogP contribution < -0.4 is 0 Å². The molecule has 0 aliphatic carbocycles. The molecule has 0 bridgehead atoms. The number of aromatic hydroxyl groups is 3. The van der Waals surface area contributed by atoms with E-state index in [1.807, 2.05) is 140 Å². The first-order valence-electron chi connectivity index (χ1n) is 19.8. The fraction of sp³-hybridized carbons (Fsp3) is 0.0204. The minimum Gasteiger partial charge on any atom is -0.499 e. The van der Waals surface area contributed by atoms with Gasteiger partial charge >= 0.3 is 0 Å². The molecule has 0 fully saturated rings. The number of aromatic nitrogens is 3. The standard InChI is InChI=1S/C17H12N2O2S.C16H9BrN2O2S.C16H10N2O2S/c1-9-6-7-12-11(8-9)15(19-21)16(18-12)14-10-4-2-3-5-13(10)22-17(14)20;17-8-5-6-11-10(7-8)14(19-21)15(18-11)13-9-3-1-2-4-12(9)22-16(13)20;19-16-13(10-6-2-4-8-12(10)21-16)15-14(18-20)9-5-1-3-7-11(9)17-15/h2-8,18,20H,1H3;1-7,18,20H;1-8,17,19H. The Hall–Kier alpha value is -7.50. The summed E-state index contributed by atoms with van der Waals surface area (Å²) in [6.45, 7) is 1.97. The van der Waals surface area contributed by atoms with Crippen molar-refractivity contribution in [2.24, 2.45) is 15.5 Å². The zero-order valence-electron chi connectivity index (χ0n) is 33.7. The number of fused-ring (bicyclic) bond motifs is 6. The number of hydrogen-bond donors (Lipinski definition) is 6. The molecule has 12 aromatic rings. The van der Waals surface area contributed by atoms with Crippen molar-refractivity contribution in [3.63, 3.8) is 0 Å². The van der Waals surface area contributed by atoms with E-state index in [0.717, 1.165) is 73.0 Å². The summed E-state index contributed by atoms with van der Waals surface area (Å²) >= 11 is 7.28. The minimum atomic E-state index is 0.178. The third kappa shape index (κ3) is 7.22. The SMILES string of the molecule is Cc1ccc2[nH]c(-c3c(O)sc4ccccc34)c(N=O)c2c1.O=Nc1c(-c2c(O)sc3ccccc23)[nH]c2ccc(Br)cc12.O=Nc1c(-c2c(O)sc3ccccc23)[nH]c2ccccc12. The number of hydrogen-bond acceptors (Lipinski definition) is 12. The number of thiophene rings is 3. The Morgan fingerprint density at radius 1 is 0.431 bits per heavy atom. The zero-order chi connectivity index (χ0) is 44.9. The number of H-pyrrole nitrogens is 3. The lowest BCUT2D eigenvalue weighted by Crippen LogP contribution is -1.76. The highest BCUT2D eigenvalue weighted by atomic mass is 79.9. The maximum Gasteiger partial charge on any atom is 0.181 e. The third-order valence-electron chi connectivity index (χ3n) is 11.1. The molecule has 6 aromatic heterocycles. The average Bonchev–Trinajstić information content (AvgIpc) is 4.16. The van der Waals surface area contributed by atoms with Crippen molar-refractivity contribution in [1.29, 1.82) is 0 Å². The van der Waals surface area contributed by atoms with E-state index in [0.29, 0.717) is 50.8 Å². The predicted molar refractivity (Wildman–Crippen MR) is 271 cm³/mol. The molecule has 318 valence electrons. The summed E-state index contributed by atoms with van der Waals surface area (Å²) in [5.74, 6) is 0. The van der Waals surface area contributed by atoms with Gasteiger partial charge in [0, 0.05) is 67.4 Å². The molecule has 0 amide bonds. The molecule has 6 heterocycles. The molecular weight excluding hydrogens is 945 g/mol. The van der Waals surface area contributed by atoms with E-state index in [1.165, 1.54) is 34.0 Å². The molecule has 0 saturated carbocycles. The van der Waals surface area contributed by atoms with E-state index in [4.69, 9.17) is 0 Å². The lowest BCUT2D eigenvalue weighted by atomic mass is 10.1. The number of nitroso groups, excluding NO2 is 3. The molecule has 0 saturated heterocycles. The molecule has 0 aliphatic rings. The molecule has 6 aromatic carbocycles. The quantitative estimate of drug-likeness (QED) is 0.0897. The first kappa shape index (κ1) is 41.5. The Balaban J connectivity index is 0.000000115. The van der Waals surface area contributed by atoms with Crippen molar-refractivity contribution in [1.82, 2.24) is 15.0 Å². The Labute approximate surface area is 387 Å². The molecule has 0 spiro atoms. The van der Waals surface area contributed by atoms with Crippen LogP contribution in [0.5, 0.6) is 15.2 Å². The highest BCUT2D eigenvalue weighted by Gasteiger charge is 2.24. The molecule has 0 aliphatic heterocycles. The van der Waals surface area contributed by atoms with Gasteiger partial charge in [-0.2, -0.15) is 0 Å². The van der Waals surface area contributed by atoms with E-state index in [9.17, 15) is 30.0 Å². The second kappa shape index (κ2) is 16.9. The summed E-state index contributed by atoms with van der Waals surface area (Å²) in [5.41, 5.74) is 8.14. The second-order valence-corrected chi connectivity index (χ2v) is 18.9. The highest BCUT2D eigenvalue weighted by Crippen LogP contribution is 2.51. The van der Waals surface area contributed by atoms with Gasteiger partial charge in [-0.3, -0.25) is 0 Å². The molecule has 0 unspecified atom stereocenters. The van der Waals surface area contributed by atoms with Crippen LogP contribution in [-0.4, -0.2) is 30.3 Å². The average molecular weight is 976 g/mol. The molecule has 16 heteroatoms. The zero-order valence-corrected chi connectivity index (χ0v) is 37.7. The van der Waals surface area contributed by atoms with Crippen molar-refractivity contribution in [3.05, 3.63) is 158 Å². The van der Waals surface area contributed by atoms with Crippen LogP contribution in [-0.2, 0) is 0 Å². The fourth-order valence-corrected chi connectivity index (χ4v) is 11.4. The van der Waals surface area contributed by atoms with Gasteiger partial charge in [-0.05, 0) is 77.1 Å². The van der Waals surface area contributed by atoms with Crippen LogP contribution in [0.2, 0.25) is 0 Å². The number of nitrogens with one attached hydrogen (secondary N) is 3. The smallest absolute Gasteiger partial charge is 0.181 e. The molecule has 0 radical (unpaired) electrons. The van der Waals surface area contributed by atoms with Gasteiger partial charge in [0.15, 0.2) is 15.2 Å². The highest BCUT2D eigenvalue weighted by molar-refractivity contribution is 9.10. The Morgan fingerprint density at radius 3 is 1.23 bits per heavy atom. The Kier molecular flexibility index (Phi) is 10.8. The van der Waals surface area contributed by atoms with Gasteiger partial charge in [-0.1, -0.05) is 134 Å². The maximum atomic E-state index is 11.4. The lowest BCUT2D eigenvalue weighted by molar-refractivity contribution is 0.492. The van der Waals surface area contributed by atoms with Crippen LogP contribution in [0.4, 0.5) is 17.1 Å². The van der Waals surface area contributed by atoms with E-state index in [1.54, 1.807) is 0 Å². The topological polar surface area (TPSA) is 196 Å². The third-order valence-corrected chi connectivity index (χ3v) is 14.5. The van der Waals surface area contributed by atoms with Gasteiger partial charge in [0.2, 0.25) is 0 Å². The summed E-state index contributed by atoms with van der Waals surface area (Å²) in [7, 11) is 0. The number of aromatic amines is 3. The maximum absolute atomic E-state index is 11.4. The molecule has 0 atom stereocenters. The lowest BCUT2D eigenvalue weighted by Gasteiger charge is -1.98. The largest absolute Gasteiger partial charge is 0.499 e. The van der Waals surface area contributed by atoms with Gasteiger partial charge in [0.05, 0.1) is 33.8 Å². The van der Waals surface area contributed by atoms with Gasteiger partial charge < -0.3 is 30.3 Å². The Morgan fingerprint density at radius 2 is 0.785 bits per heavy atom.